The van der Waals surface area contributed by atoms with E-state index in [4.69, 9.17) is 5.11 Å². The van der Waals surface area contributed by atoms with Gasteiger partial charge in [0.2, 0.25) is 0 Å². The highest BCUT2D eigenvalue weighted by Gasteiger charge is 2.18. The fourth-order valence-electron chi connectivity index (χ4n) is 0.717. The average Bonchev–Trinajstić information content (AvgIpc) is 2.36. The van der Waals surface area contributed by atoms with Crippen LogP contribution in [0.25, 0.3) is 0 Å². The Balaban J connectivity index is 2.92. The monoisotopic (exact) mass is 172 g/mol. The van der Waals surface area contributed by atoms with Crippen molar-refractivity contribution in [1.82, 2.24) is 9.78 Å². The molecule has 0 aromatic carbocycles. The molecule has 3 nitrogen and oxygen atoms in total. The second-order valence-corrected chi connectivity index (χ2v) is 3.63. The van der Waals surface area contributed by atoms with Crippen LogP contribution in [-0.2, 0) is 5.54 Å². The Labute approximate surface area is 71.4 Å². The van der Waals surface area contributed by atoms with Gasteiger partial charge in [-0.15, -0.1) is 12.6 Å². The molecule has 1 aromatic heterocycles. The molecule has 0 atom stereocenters. The summed E-state index contributed by atoms with van der Waals surface area (Å²) in [4.78, 5) is 0.812. The van der Waals surface area contributed by atoms with Gasteiger partial charge in [0.15, 0.2) is 0 Å². The molecule has 4 heteroatoms. The zero-order valence-corrected chi connectivity index (χ0v) is 7.55. The fourth-order valence-corrected chi connectivity index (χ4v) is 0.878. The standard InChI is InChI=1S/C7H12N2OS/c1-7(2,5-10)9-4-6(11)3-8-9/h3-4,10-11H,5H2,1-2H3. The summed E-state index contributed by atoms with van der Waals surface area (Å²) in [5, 5.41) is 13.0. The van der Waals surface area contributed by atoms with Gasteiger partial charge in [-0.25, -0.2) is 0 Å². The van der Waals surface area contributed by atoms with E-state index in [9.17, 15) is 0 Å². The highest BCUT2D eigenvalue weighted by molar-refractivity contribution is 7.80. The number of aliphatic hydroxyl groups excluding tert-OH is 1. The summed E-state index contributed by atoms with van der Waals surface area (Å²) in [5.74, 6) is 0. The van der Waals surface area contributed by atoms with Crippen molar-refractivity contribution in [3.05, 3.63) is 12.4 Å². The Kier molecular flexibility index (Phi) is 2.25. The van der Waals surface area contributed by atoms with Crippen LogP contribution in [0.15, 0.2) is 17.3 Å². The molecular formula is C7H12N2OS. The van der Waals surface area contributed by atoms with Crippen LogP contribution in [0.3, 0.4) is 0 Å². The Morgan fingerprint density at radius 3 is 2.73 bits per heavy atom. The third kappa shape index (κ3) is 1.75. The Bertz CT molecular complexity index is 244. The normalized spacial score (nSPS) is 12.0. The first-order valence-corrected chi connectivity index (χ1v) is 3.86. The minimum absolute atomic E-state index is 0.0713. The maximum Gasteiger partial charge on any atom is 0.0801 e. The molecule has 0 spiro atoms. The molecule has 0 saturated carbocycles. The first-order valence-electron chi connectivity index (χ1n) is 3.41. The van der Waals surface area contributed by atoms with Crippen molar-refractivity contribution in [2.45, 2.75) is 24.3 Å². The van der Waals surface area contributed by atoms with Crippen LogP contribution in [0, 0.1) is 0 Å². The van der Waals surface area contributed by atoms with Crippen LogP contribution in [0.5, 0.6) is 0 Å². The third-order valence-electron chi connectivity index (χ3n) is 1.58. The van der Waals surface area contributed by atoms with Crippen molar-refractivity contribution in [1.29, 1.82) is 0 Å². The summed E-state index contributed by atoms with van der Waals surface area (Å²) >= 11 is 4.11. The SMILES string of the molecule is CC(C)(CO)n1cc(S)cn1. The molecular weight excluding hydrogens is 160 g/mol. The lowest BCUT2D eigenvalue weighted by Crippen LogP contribution is -2.30. The molecule has 0 radical (unpaired) electrons. The van der Waals surface area contributed by atoms with Crippen LogP contribution in [-0.4, -0.2) is 21.5 Å². The lowest BCUT2D eigenvalue weighted by Gasteiger charge is -2.21. The zero-order valence-electron chi connectivity index (χ0n) is 6.65. The van der Waals surface area contributed by atoms with Gasteiger partial charge in [-0.05, 0) is 13.8 Å². The molecule has 0 amide bonds. The number of rotatable bonds is 2. The number of nitrogens with zero attached hydrogens (tertiary/aromatic N) is 2. The van der Waals surface area contributed by atoms with Crippen molar-refractivity contribution in [3.63, 3.8) is 0 Å². The Morgan fingerprint density at radius 2 is 2.36 bits per heavy atom. The van der Waals surface area contributed by atoms with Gasteiger partial charge in [0.1, 0.15) is 0 Å². The second kappa shape index (κ2) is 2.87. The summed E-state index contributed by atoms with van der Waals surface area (Å²) in [5.41, 5.74) is -0.332. The van der Waals surface area contributed by atoms with Crippen LogP contribution in [0.4, 0.5) is 0 Å². The number of hydrogen-bond acceptors (Lipinski definition) is 3. The quantitative estimate of drug-likeness (QED) is 0.650. The molecule has 0 fully saturated rings. The predicted octanol–water partition coefficient (Wildman–Crippen LogP) is 0.899. The van der Waals surface area contributed by atoms with E-state index in [1.807, 2.05) is 13.8 Å². The molecule has 0 aliphatic rings. The number of thiol groups is 1. The molecule has 0 aliphatic carbocycles. The highest BCUT2D eigenvalue weighted by atomic mass is 32.1. The summed E-state index contributed by atoms with van der Waals surface area (Å²) in [7, 11) is 0. The summed E-state index contributed by atoms with van der Waals surface area (Å²) in [6.07, 6.45) is 3.44. The first-order chi connectivity index (χ1) is 5.06. The Morgan fingerprint density at radius 1 is 1.73 bits per heavy atom. The van der Waals surface area contributed by atoms with Crippen LogP contribution >= 0.6 is 12.6 Å². The second-order valence-electron chi connectivity index (χ2n) is 3.11. The molecule has 1 rings (SSSR count). The van der Waals surface area contributed by atoms with Gasteiger partial charge >= 0.3 is 0 Å². The maximum atomic E-state index is 8.97. The lowest BCUT2D eigenvalue weighted by molar-refractivity contribution is 0.152. The van der Waals surface area contributed by atoms with Crippen LogP contribution in [0.1, 0.15) is 13.8 Å². The van der Waals surface area contributed by atoms with E-state index >= 15 is 0 Å². The van der Waals surface area contributed by atoms with E-state index in [0.29, 0.717) is 0 Å². The molecule has 1 heterocycles. The first kappa shape index (κ1) is 8.62. The third-order valence-corrected chi connectivity index (χ3v) is 1.81. The van der Waals surface area contributed by atoms with E-state index in [2.05, 4.69) is 17.7 Å². The number of aliphatic hydroxyl groups is 1. The summed E-state index contributed by atoms with van der Waals surface area (Å²) < 4.78 is 1.70. The van der Waals surface area contributed by atoms with Gasteiger partial charge in [-0.3, -0.25) is 4.68 Å². The maximum absolute atomic E-state index is 8.97. The van der Waals surface area contributed by atoms with Crippen molar-refractivity contribution in [3.8, 4) is 0 Å². The summed E-state index contributed by atoms with van der Waals surface area (Å²) in [6.45, 7) is 3.89. The molecule has 1 aromatic rings. The highest BCUT2D eigenvalue weighted by Crippen LogP contribution is 2.14. The molecule has 11 heavy (non-hydrogen) atoms. The van der Waals surface area contributed by atoms with Gasteiger partial charge in [-0.2, -0.15) is 5.10 Å². The van der Waals surface area contributed by atoms with E-state index in [1.54, 1.807) is 17.1 Å². The van der Waals surface area contributed by atoms with E-state index in [-0.39, 0.29) is 12.1 Å². The van der Waals surface area contributed by atoms with Gasteiger partial charge < -0.3 is 5.11 Å². The summed E-state index contributed by atoms with van der Waals surface area (Å²) in [6, 6.07) is 0. The van der Waals surface area contributed by atoms with Gasteiger partial charge in [0, 0.05) is 11.1 Å². The van der Waals surface area contributed by atoms with Gasteiger partial charge in [0.05, 0.1) is 18.3 Å². The molecule has 0 aliphatic heterocycles. The van der Waals surface area contributed by atoms with Crippen molar-refractivity contribution in [2.75, 3.05) is 6.61 Å². The minimum atomic E-state index is -0.332. The molecule has 1 N–H and O–H groups in total. The molecule has 62 valence electrons. The van der Waals surface area contributed by atoms with Gasteiger partial charge in [-0.1, -0.05) is 0 Å². The zero-order chi connectivity index (χ0) is 8.48. The van der Waals surface area contributed by atoms with Crippen molar-refractivity contribution in [2.24, 2.45) is 0 Å². The Hall–Kier alpha value is -0.480. The average molecular weight is 172 g/mol. The minimum Gasteiger partial charge on any atom is -0.394 e. The van der Waals surface area contributed by atoms with E-state index in [0.717, 1.165) is 4.90 Å². The van der Waals surface area contributed by atoms with Gasteiger partial charge in [0.25, 0.3) is 0 Å². The van der Waals surface area contributed by atoms with E-state index in [1.165, 1.54) is 0 Å². The van der Waals surface area contributed by atoms with Crippen LogP contribution in [0.2, 0.25) is 0 Å². The smallest absolute Gasteiger partial charge is 0.0801 e. The predicted molar refractivity (Wildman–Crippen MR) is 45.9 cm³/mol. The largest absolute Gasteiger partial charge is 0.394 e. The van der Waals surface area contributed by atoms with E-state index < -0.39 is 0 Å². The number of aromatic nitrogens is 2. The van der Waals surface area contributed by atoms with Crippen molar-refractivity contribution < 1.29 is 5.11 Å². The molecule has 0 saturated heterocycles. The fraction of sp³-hybridized carbons (Fsp3) is 0.571. The number of hydrogen-bond donors (Lipinski definition) is 2. The van der Waals surface area contributed by atoms with Crippen LogP contribution < -0.4 is 0 Å². The molecule has 0 bridgehead atoms. The lowest BCUT2D eigenvalue weighted by atomic mass is 10.1. The van der Waals surface area contributed by atoms with Crippen molar-refractivity contribution >= 4 is 12.6 Å². The molecule has 0 unspecified atom stereocenters. The topological polar surface area (TPSA) is 38.0 Å².